The molecule has 5 nitrogen and oxygen atoms in total. The van der Waals surface area contributed by atoms with Gasteiger partial charge in [-0.2, -0.15) is 0 Å². The first-order valence-electron chi connectivity index (χ1n) is 4.27. The average molecular weight is 187 g/mol. The van der Waals surface area contributed by atoms with Crippen LogP contribution in [0.1, 0.15) is 19.3 Å². The zero-order valence-electron chi connectivity index (χ0n) is 7.27. The maximum atomic E-state index is 10.4. The molecule has 13 heavy (non-hydrogen) atoms. The molecule has 0 aromatic carbocycles. The van der Waals surface area contributed by atoms with Crippen LogP contribution in [-0.4, -0.2) is 46.2 Å². The van der Waals surface area contributed by atoms with Gasteiger partial charge in [-0.3, -0.25) is 14.5 Å². The lowest BCUT2D eigenvalue weighted by Crippen LogP contribution is -2.35. The van der Waals surface area contributed by atoms with Crippen LogP contribution in [0.15, 0.2) is 0 Å². The Labute approximate surface area is 76.0 Å². The number of hydrogen-bond donors (Lipinski definition) is 2. The molecule has 1 aliphatic heterocycles. The fourth-order valence-electron chi connectivity index (χ4n) is 1.71. The van der Waals surface area contributed by atoms with Crippen molar-refractivity contribution in [2.24, 2.45) is 0 Å². The Bertz CT molecular complexity index is 194. The standard InChI is InChI=1S/C8H13NO4/c10-7(11)4-6-2-1-3-9(6)5-8(12)13/h6H,1-5H2,(H,10,11)(H,12,13). The topological polar surface area (TPSA) is 77.8 Å². The van der Waals surface area contributed by atoms with Crippen molar-refractivity contribution >= 4 is 11.9 Å². The first kappa shape index (κ1) is 9.98. The van der Waals surface area contributed by atoms with Crippen LogP contribution in [0, 0.1) is 0 Å². The molecule has 0 radical (unpaired) electrons. The van der Waals surface area contributed by atoms with Crippen molar-refractivity contribution in [3.63, 3.8) is 0 Å². The van der Waals surface area contributed by atoms with Crippen LogP contribution in [0.5, 0.6) is 0 Å². The Morgan fingerprint density at radius 3 is 2.54 bits per heavy atom. The van der Waals surface area contributed by atoms with E-state index in [-0.39, 0.29) is 19.0 Å². The molecular weight excluding hydrogens is 174 g/mol. The molecule has 1 rings (SSSR count). The molecule has 1 fully saturated rings. The van der Waals surface area contributed by atoms with Gasteiger partial charge in [0, 0.05) is 6.04 Å². The molecule has 2 N–H and O–H groups in total. The average Bonchev–Trinajstić information content (AvgIpc) is 2.34. The molecule has 0 bridgehead atoms. The minimum absolute atomic E-state index is 0.0437. The first-order chi connectivity index (χ1) is 6.09. The van der Waals surface area contributed by atoms with E-state index >= 15 is 0 Å². The summed E-state index contributed by atoms with van der Waals surface area (Å²) in [5, 5.41) is 17.1. The van der Waals surface area contributed by atoms with Crippen LogP contribution in [0.4, 0.5) is 0 Å². The summed E-state index contributed by atoms with van der Waals surface area (Å²) in [7, 11) is 0. The van der Waals surface area contributed by atoms with E-state index in [1.54, 1.807) is 4.90 Å². The van der Waals surface area contributed by atoms with Gasteiger partial charge in [0.05, 0.1) is 13.0 Å². The Morgan fingerprint density at radius 2 is 2.00 bits per heavy atom. The predicted molar refractivity (Wildman–Crippen MR) is 44.5 cm³/mol. The number of rotatable bonds is 4. The Hall–Kier alpha value is -1.10. The quantitative estimate of drug-likeness (QED) is 0.648. The number of nitrogens with zero attached hydrogens (tertiary/aromatic N) is 1. The summed E-state index contributed by atoms with van der Waals surface area (Å²) in [6.45, 7) is 0.655. The number of likely N-dealkylation sites (tertiary alicyclic amines) is 1. The van der Waals surface area contributed by atoms with Gasteiger partial charge < -0.3 is 10.2 Å². The van der Waals surface area contributed by atoms with Crippen molar-refractivity contribution in [3.8, 4) is 0 Å². The smallest absolute Gasteiger partial charge is 0.317 e. The largest absolute Gasteiger partial charge is 0.481 e. The van der Waals surface area contributed by atoms with E-state index in [4.69, 9.17) is 10.2 Å². The third-order valence-electron chi connectivity index (χ3n) is 2.25. The third kappa shape index (κ3) is 3.02. The van der Waals surface area contributed by atoms with Gasteiger partial charge in [-0.1, -0.05) is 0 Å². The Kier molecular flexibility index (Phi) is 3.25. The summed E-state index contributed by atoms with van der Waals surface area (Å²) in [5.41, 5.74) is 0. The highest BCUT2D eigenvalue weighted by molar-refractivity contribution is 5.70. The van der Waals surface area contributed by atoms with Gasteiger partial charge in [-0.25, -0.2) is 0 Å². The third-order valence-corrected chi connectivity index (χ3v) is 2.25. The van der Waals surface area contributed by atoms with Gasteiger partial charge in [0.25, 0.3) is 0 Å². The zero-order chi connectivity index (χ0) is 9.84. The van der Waals surface area contributed by atoms with Crippen LogP contribution in [0.25, 0.3) is 0 Å². The molecule has 1 heterocycles. The number of aliphatic carboxylic acids is 2. The van der Waals surface area contributed by atoms with Crippen molar-refractivity contribution in [2.75, 3.05) is 13.1 Å². The molecule has 0 saturated carbocycles. The SMILES string of the molecule is O=C(O)CC1CCCN1CC(=O)O. The van der Waals surface area contributed by atoms with Crippen molar-refractivity contribution in [3.05, 3.63) is 0 Å². The van der Waals surface area contributed by atoms with Crippen LogP contribution < -0.4 is 0 Å². The maximum absolute atomic E-state index is 10.4. The number of carboxylic acid groups (broad SMARTS) is 2. The fourth-order valence-corrected chi connectivity index (χ4v) is 1.71. The molecule has 0 aromatic heterocycles. The van der Waals surface area contributed by atoms with Crippen molar-refractivity contribution in [2.45, 2.75) is 25.3 Å². The van der Waals surface area contributed by atoms with E-state index in [1.807, 2.05) is 0 Å². The highest BCUT2D eigenvalue weighted by Crippen LogP contribution is 2.19. The molecule has 0 spiro atoms. The minimum Gasteiger partial charge on any atom is -0.481 e. The summed E-state index contributed by atoms with van der Waals surface area (Å²) in [5.74, 6) is -1.75. The van der Waals surface area contributed by atoms with Gasteiger partial charge in [-0.05, 0) is 19.4 Å². The molecule has 1 atom stereocenters. The molecule has 1 aliphatic rings. The van der Waals surface area contributed by atoms with Gasteiger partial charge in [0.2, 0.25) is 0 Å². The molecule has 74 valence electrons. The number of carbonyl (C=O) groups is 2. The molecule has 0 amide bonds. The second-order valence-electron chi connectivity index (χ2n) is 3.26. The lowest BCUT2D eigenvalue weighted by Gasteiger charge is -2.20. The molecular formula is C8H13NO4. The summed E-state index contributed by atoms with van der Waals surface area (Å²) >= 11 is 0. The summed E-state index contributed by atoms with van der Waals surface area (Å²) in [6.07, 6.45) is 1.73. The van der Waals surface area contributed by atoms with E-state index in [9.17, 15) is 9.59 Å². The predicted octanol–water partition coefficient (Wildman–Crippen LogP) is 0.0101. The zero-order valence-corrected chi connectivity index (χ0v) is 7.27. The molecule has 1 saturated heterocycles. The normalized spacial score (nSPS) is 23.2. The van der Waals surface area contributed by atoms with Gasteiger partial charge in [-0.15, -0.1) is 0 Å². The van der Waals surface area contributed by atoms with Crippen molar-refractivity contribution < 1.29 is 19.8 Å². The molecule has 1 unspecified atom stereocenters. The second-order valence-corrected chi connectivity index (χ2v) is 3.26. The van der Waals surface area contributed by atoms with Crippen LogP contribution in [0.2, 0.25) is 0 Å². The van der Waals surface area contributed by atoms with Gasteiger partial charge >= 0.3 is 11.9 Å². The summed E-state index contributed by atoms with van der Waals surface area (Å²) < 4.78 is 0. The molecule has 0 aliphatic carbocycles. The molecule has 0 aromatic rings. The minimum atomic E-state index is -0.891. The Balaban J connectivity index is 2.43. The number of hydrogen-bond acceptors (Lipinski definition) is 3. The van der Waals surface area contributed by atoms with Gasteiger partial charge in [0.1, 0.15) is 0 Å². The van der Waals surface area contributed by atoms with Crippen LogP contribution in [-0.2, 0) is 9.59 Å². The lowest BCUT2D eigenvalue weighted by atomic mass is 10.1. The highest BCUT2D eigenvalue weighted by Gasteiger charge is 2.27. The van der Waals surface area contributed by atoms with E-state index in [0.29, 0.717) is 6.54 Å². The van der Waals surface area contributed by atoms with Crippen LogP contribution in [0.3, 0.4) is 0 Å². The monoisotopic (exact) mass is 187 g/mol. The summed E-state index contributed by atoms with van der Waals surface area (Å²) in [6, 6.07) is -0.0893. The Morgan fingerprint density at radius 1 is 1.31 bits per heavy atom. The summed E-state index contributed by atoms with van der Waals surface area (Å²) in [4.78, 5) is 22.5. The van der Waals surface area contributed by atoms with Crippen molar-refractivity contribution in [1.29, 1.82) is 0 Å². The van der Waals surface area contributed by atoms with Crippen molar-refractivity contribution in [1.82, 2.24) is 4.90 Å². The highest BCUT2D eigenvalue weighted by atomic mass is 16.4. The second kappa shape index (κ2) is 4.23. The number of carboxylic acids is 2. The first-order valence-corrected chi connectivity index (χ1v) is 4.27. The maximum Gasteiger partial charge on any atom is 0.317 e. The van der Waals surface area contributed by atoms with Crippen LogP contribution >= 0.6 is 0 Å². The van der Waals surface area contributed by atoms with E-state index < -0.39 is 11.9 Å². The molecule has 5 heteroatoms. The van der Waals surface area contributed by atoms with E-state index in [0.717, 1.165) is 12.8 Å². The van der Waals surface area contributed by atoms with E-state index in [1.165, 1.54) is 0 Å². The fraction of sp³-hybridized carbons (Fsp3) is 0.750. The van der Waals surface area contributed by atoms with Gasteiger partial charge in [0.15, 0.2) is 0 Å². The lowest BCUT2D eigenvalue weighted by molar-refractivity contribution is -0.141. The van der Waals surface area contributed by atoms with E-state index in [2.05, 4.69) is 0 Å².